The maximum Gasteiger partial charge on any atom is 0.316 e. The maximum absolute atomic E-state index is 15.7. The summed E-state index contributed by atoms with van der Waals surface area (Å²) in [5, 5.41) is 10.0. The second-order valence-corrected chi connectivity index (χ2v) is 21.8. The van der Waals surface area contributed by atoms with Crippen molar-refractivity contribution in [3.63, 3.8) is 0 Å². The maximum atomic E-state index is 15.7. The monoisotopic (exact) mass is 1100 g/mol. The molecule has 1 amide bonds. The Kier molecular flexibility index (Phi) is 14.8. The van der Waals surface area contributed by atoms with Crippen molar-refractivity contribution in [3.8, 4) is 43.7 Å². The average molecular weight is 1100 g/mol. The molecule has 0 bridgehead atoms. The highest BCUT2D eigenvalue weighted by atomic mass is 32.2. The molecule has 4 heterocycles. The van der Waals surface area contributed by atoms with Gasteiger partial charge in [-0.1, -0.05) is 24.3 Å². The first-order valence-corrected chi connectivity index (χ1v) is 25.5. The van der Waals surface area contributed by atoms with Gasteiger partial charge in [-0.05, 0) is 88.4 Å². The number of rotatable bonds is 14. The number of nitrogens with zero attached hydrogens (tertiary/aromatic N) is 6. The van der Waals surface area contributed by atoms with E-state index in [2.05, 4.69) is 29.9 Å². The van der Waals surface area contributed by atoms with Crippen LogP contribution in [0.15, 0.2) is 107 Å². The molecular formula is C46H37F6N11O7S4. The van der Waals surface area contributed by atoms with E-state index in [0.717, 1.165) is 71.2 Å². The van der Waals surface area contributed by atoms with Crippen molar-refractivity contribution in [3.05, 3.63) is 142 Å². The van der Waals surface area contributed by atoms with Gasteiger partial charge in [-0.15, -0.1) is 22.7 Å². The van der Waals surface area contributed by atoms with Crippen molar-refractivity contribution in [1.82, 2.24) is 29.9 Å². The third-order valence-corrected chi connectivity index (χ3v) is 16.3. The zero-order chi connectivity index (χ0) is 54.2. The number of carbonyl (C=O) groups excluding carboxylic acids is 1. The Balaban J connectivity index is 0.000000216. The molecule has 28 heteroatoms. The molecule has 0 unspecified atom stereocenters. The van der Waals surface area contributed by atoms with E-state index in [4.69, 9.17) is 17.2 Å². The third-order valence-electron chi connectivity index (χ3n) is 10.7. The largest absolute Gasteiger partial charge is 0.481 e. The fraction of sp³-hybridized carbons (Fsp3) is 0.130. The lowest BCUT2D eigenvalue weighted by Gasteiger charge is -2.16. The number of anilines is 4. The summed E-state index contributed by atoms with van der Waals surface area (Å²) in [4.78, 5) is 46.6. The number of carbonyl (C=O) groups is 2. The summed E-state index contributed by atoms with van der Waals surface area (Å²) in [7, 11) is -9.72. The predicted molar refractivity (Wildman–Crippen MR) is 263 cm³/mol. The molecular weight excluding hydrogens is 1060 g/mol. The minimum absolute atomic E-state index is 0.0167. The smallest absolute Gasteiger partial charge is 0.316 e. The van der Waals surface area contributed by atoms with Crippen LogP contribution in [0.3, 0.4) is 0 Å². The minimum atomic E-state index is -4.87. The number of aliphatic carboxylic acids is 1. The number of carboxylic acids is 1. The third kappa shape index (κ3) is 10.7. The molecule has 18 nitrogen and oxygen atoms in total. The lowest BCUT2D eigenvalue weighted by molar-refractivity contribution is -0.142. The molecule has 0 saturated carbocycles. The number of aromatic nitrogens is 6. The number of halogens is 6. The number of amides is 1. The van der Waals surface area contributed by atoms with Gasteiger partial charge in [-0.2, -0.15) is 0 Å². The topological polar surface area (TPSA) is 302 Å². The Bertz CT molecular complexity index is 3480. The number of hydrogen-bond donors (Lipinski definition) is 6. The normalized spacial score (nSPS) is 11.9. The summed E-state index contributed by atoms with van der Waals surface area (Å²) in [6.07, 6.45) is 2.73. The predicted octanol–water partition coefficient (Wildman–Crippen LogP) is 8.26. The molecule has 4 aromatic heterocycles. The first-order valence-electron chi connectivity index (χ1n) is 20.9. The fourth-order valence-corrected chi connectivity index (χ4v) is 11.2. The van der Waals surface area contributed by atoms with Crippen LogP contribution in [0, 0.1) is 34.9 Å². The Morgan fingerprint density at radius 1 is 0.554 bits per heavy atom. The fourth-order valence-electron chi connectivity index (χ4n) is 6.54. The number of sulfonamides is 2. The van der Waals surface area contributed by atoms with E-state index in [9.17, 15) is 49.1 Å². The summed E-state index contributed by atoms with van der Waals surface area (Å²) in [5.41, 5.74) is 13.1. The van der Waals surface area contributed by atoms with Gasteiger partial charge < -0.3 is 22.3 Å². The van der Waals surface area contributed by atoms with E-state index >= 15 is 8.78 Å². The van der Waals surface area contributed by atoms with E-state index in [1.54, 1.807) is 13.8 Å². The van der Waals surface area contributed by atoms with Crippen molar-refractivity contribution in [2.75, 3.05) is 20.9 Å². The number of hydrogen-bond acceptors (Lipinski definition) is 16. The van der Waals surface area contributed by atoms with Crippen LogP contribution in [0.5, 0.6) is 0 Å². The van der Waals surface area contributed by atoms with Crippen molar-refractivity contribution in [2.45, 2.75) is 48.3 Å². The Hall–Kier alpha value is -8.08. The van der Waals surface area contributed by atoms with Crippen LogP contribution in [0.4, 0.5) is 49.6 Å². The molecule has 0 aliphatic carbocycles. The number of benzene rings is 4. The molecule has 384 valence electrons. The number of carboxylic acid groups (broad SMARTS) is 1. The molecule has 8 aromatic rings. The lowest BCUT2D eigenvalue weighted by Crippen LogP contribution is -2.35. The second-order valence-electron chi connectivity index (χ2n) is 16.6. The average Bonchev–Trinajstić information content (AvgIpc) is 3.98. The van der Waals surface area contributed by atoms with Crippen LogP contribution in [-0.2, 0) is 40.5 Å². The van der Waals surface area contributed by atoms with Crippen molar-refractivity contribution in [2.24, 2.45) is 5.73 Å². The first-order chi connectivity index (χ1) is 34.6. The van der Waals surface area contributed by atoms with Gasteiger partial charge in [0, 0.05) is 23.5 Å². The van der Waals surface area contributed by atoms with Gasteiger partial charge in [0.2, 0.25) is 17.8 Å². The van der Waals surface area contributed by atoms with E-state index in [1.165, 1.54) is 62.6 Å². The minimum Gasteiger partial charge on any atom is -0.481 e. The molecule has 74 heavy (non-hydrogen) atoms. The van der Waals surface area contributed by atoms with E-state index < -0.39 is 98.8 Å². The quantitative estimate of drug-likeness (QED) is 0.0559. The molecule has 9 N–H and O–H groups in total. The second kappa shape index (κ2) is 20.4. The summed E-state index contributed by atoms with van der Waals surface area (Å²) in [6.45, 7) is 5.92. The molecule has 8 rings (SSSR count). The first kappa shape index (κ1) is 53.7. The summed E-state index contributed by atoms with van der Waals surface area (Å²) in [6, 6.07) is 15.4. The van der Waals surface area contributed by atoms with Gasteiger partial charge in [-0.25, -0.2) is 73.1 Å². The van der Waals surface area contributed by atoms with Crippen LogP contribution >= 0.6 is 22.7 Å². The summed E-state index contributed by atoms with van der Waals surface area (Å²) >= 11 is 1.96. The van der Waals surface area contributed by atoms with Gasteiger partial charge >= 0.3 is 5.97 Å². The standard InChI is InChI=1S/C23H19F3N6O3S2.C23H18F3N5O4S2/c1-23(2,20(27)33)21-31-17(18(36-21)15-9-10-29-22(28)30-15)11-5-3-8-14(16(11)26)32-37(34,35)19-12(24)6-4-7-13(19)25;1-23(2,21(32)33)20-30-17(18(36-20)15-9-10-28-22(27)29-15)11-5-3-8-14(16(11)26)31-37(34,35)19-12(24)6-4-7-13(19)25/h3-10,32H,1-2H3,(H2,27,33)(H2,28,29,30);3-10,31H,1-2H3,(H,32,33)(H2,27,28,29). The van der Waals surface area contributed by atoms with Gasteiger partial charge in [0.15, 0.2) is 21.4 Å². The van der Waals surface area contributed by atoms with Gasteiger partial charge in [0.1, 0.15) is 38.7 Å². The summed E-state index contributed by atoms with van der Waals surface area (Å²) < 4.78 is 143. The lowest BCUT2D eigenvalue weighted by atomic mass is 9.94. The van der Waals surface area contributed by atoms with Crippen molar-refractivity contribution >= 4 is 77.9 Å². The molecule has 0 radical (unpaired) electrons. The van der Waals surface area contributed by atoms with E-state index in [1.807, 2.05) is 9.44 Å². The number of nitrogens with one attached hydrogen (secondary N) is 2. The molecule has 4 aromatic carbocycles. The molecule has 0 aliphatic rings. The highest BCUT2D eigenvalue weighted by Crippen LogP contribution is 2.44. The van der Waals surface area contributed by atoms with Crippen LogP contribution in [0.2, 0.25) is 0 Å². The number of nitrogens with two attached hydrogens (primary N) is 3. The zero-order valence-corrected chi connectivity index (χ0v) is 41.7. The van der Waals surface area contributed by atoms with E-state index in [-0.39, 0.29) is 60.7 Å². The Morgan fingerprint density at radius 2 is 0.905 bits per heavy atom. The van der Waals surface area contributed by atoms with Crippen LogP contribution in [0.1, 0.15) is 37.7 Å². The van der Waals surface area contributed by atoms with Crippen molar-refractivity contribution < 1.29 is 57.9 Å². The summed E-state index contributed by atoms with van der Waals surface area (Å²) in [5.74, 6) is -9.62. The SMILES string of the molecule is CC(C)(C(=O)O)c1nc(-c2cccc(NS(=O)(=O)c3c(F)cccc3F)c2F)c(-c2ccnc(N)n2)s1.CC(C)(C(N)=O)c1nc(-c2cccc(NS(=O)(=O)c3c(F)cccc3F)c2F)c(-c2ccnc(N)n2)s1. The highest BCUT2D eigenvalue weighted by Gasteiger charge is 2.37. The Morgan fingerprint density at radius 3 is 1.24 bits per heavy atom. The zero-order valence-electron chi connectivity index (χ0n) is 38.5. The van der Waals surface area contributed by atoms with Crippen LogP contribution < -0.4 is 26.6 Å². The van der Waals surface area contributed by atoms with Gasteiger partial charge in [-0.3, -0.25) is 19.0 Å². The molecule has 0 saturated heterocycles. The van der Waals surface area contributed by atoms with E-state index in [0.29, 0.717) is 4.88 Å². The number of thiazole rings is 2. The van der Waals surface area contributed by atoms with Gasteiger partial charge in [0.05, 0.1) is 49.3 Å². The number of nitrogen functional groups attached to an aromatic ring is 2. The van der Waals surface area contributed by atoms with Crippen LogP contribution in [-0.4, -0.2) is 63.7 Å². The Labute approximate surface area is 424 Å². The van der Waals surface area contributed by atoms with Gasteiger partial charge in [0.25, 0.3) is 20.0 Å². The molecule has 0 spiro atoms. The molecule has 0 aliphatic heterocycles. The van der Waals surface area contributed by atoms with Crippen molar-refractivity contribution in [1.29, 1.82) is 0 Å². The highest BCUT2D eigenvalue weighted by molar-refractivity contribution is 7.93. The number of primary amides is 1. The van der Waals surface area contributed by atoms with Crippen LogP contribution in [0.25, 0.3) is 43.7 Å². The molecule has 0 fully saturated rings. The molecule has 0 atom stereocenters.